The van der Waals surface area contributed by atoms with E-state index in [0.29, 0.717) is 5.56 Å². The van der Waals surface area contributed by atoms with Gasteiger partial charge in [0.1, 0.15) is 11.9 Å². The van der Waals surface area contributed by atoms with Crippen LogP contribution in [0.2, 0.25) is 0 Å². The maximum absolute atomic E-state index is 13.3. The lowest BCUT2D eigenvalue weighted by Crippen LogP contribution is -2.41. The van der Waals surface area contributed by atoms with Gasteiger partial charge in [0.15, 0.2) is 0 Å². The highest BCUT2D eigenvalue weighted by Gasteiger charge is 2.41. The van der Waals surface area contributed by atoms with Gasteiger partial charge in [0, 0.05) is 18.4 Å². The van der Waals surface area contributed by atoms with Gasteiger partial charge in [-0.25, -0.2) is 18.0 Å². The average Bonchev–Trinajstić information content (AvgIpc) is 2.65. The number of rotatable bonds is 5. The minimum absolute atomic E-state index is 0.0130. The predicted molar refractivity (Wildman–Crippen MR) is 74.1 cm³/mol. The Morgan fingerprint density at radius 2 is 2.00 bits per heavy atom. The quantitative estimate of drug-likeness (QED) is 0.850. The van der Waals surface area contributed by atoms with Crippen molar-refractivity contribution in [3.05, 3.63) is 35.6 Å². The van der Waals surface area contributed by atoms with Crippen LogP contribution in [0.25, 0.3) is 0 Å². The summed E-state index contributed by atoms with van der Waals surface area (Å²) in [7, 11) is 0. The van der Waals surface area contributed by atoms with Gasteiger partial charge in [-0.3, -0.25) is 9.69 Å². The topological polar surface area (TPSA) is 49.4 Å². The van der Waals surface area contributed by atoms with Gasteiger partial charge in [-0.15, -0.1) is 0 Å². The Bertz CT molecular complexity index is 590. The van der Waals surface area contributed by atoms with E-state index in [1.54, 1.807) is 19.9 Å². The molecule has 2 rings (SSSR count). The maximum atomic E-state index is 13.3. The molecule has 22 heavy (non-hydrogen) atoms. The molecule has 7 heteroatoms. The Balaban J connectivity index is 2.15. The van der Waals surface area contributed by atoms with Crippen LogP contribution in [0.4, 0.5) is 18.0 Å². The van der Waals surface area contributed by atoms with E-state index >= 15 is 0 Å². The fourth-order valence-corrected chi connectivity index (χ4v) is 2.46. The van der Waals surface area contributed by atoms with Crippen molar-refractivity contribution in [3.8, 4) is 0 Å². The van der Waals surface area contributed by atoms with Crippen molar-refractivity contribution < 1.29 is 22.8 Å². The van der Waals surface area contributed by atoms with Gasteiger partial charge in [-0.05, 0) is 17.7 Å². The predicted octanol–water partition coefficient (Wildman–Crippen LogP) is 2.68. The molecule has 0 spiro atoms. The first-order valence-electron chi connectivity index (χ1n) is 6.87. The van der Waals surface area contributed by atoms with Crippen LogP contribution in [0, 0.1) is 5.82 Å². The Morgan fingerprint density at radius 3 is 2.59 bits per heavy atom. The number of nitrogens with zero attached hydrogens (tertiary/aromatic N) is 1. The smallest absolute Gasteiger partial charge is 0.324 e. The molecule has 1 unspecified atom stereocenters. The van der Waals surface area contributed by atoms with Crippen molar-refractivity contribution in [1.29, 1.82) is 0 Å². The third-order valence-corrected chi connectivity index (χ3v) is 3.68. The Labute approximate surface area is 126 Å². The molecule has 1 heterocycles. The van der Waals surface area contributed by atoms with E-state index in [9.17, 15) is 22.8 Å². The third kappa shape index (κ3) is 3.40. The number of nitrogens with one attached hydrogen (secondary N) is 1. The van der Waals surface area contributed by atoms with E-state index in [0.717, 1.165) is 4.90 Å². The summed E-state index contributed by atoms with van der Waals surface area (Å²) in [5.41, 5.74) is -0.0835. The lowest BCUT2D eigenvalue weighted by Gasteiger charge is -2.29. The molecule has 4 nitrogen and oxygen atoms in total. The SMILES string of the molecule is CC(C)(CN1C(=O)NC(CC(F)F)C1=O)c1cccc(F)c1. The molecule has 3 amide bonds. The van der Waals surface area contributed by atoms with Crippen LogP contribution in [0.15, 0.2) is 24.3 Å². The van der Waals surface area contributed by atoms with Crippen molar-refractivity contribution in [2.45, 2.75) is 38.2 Å². The fraction of sp³-hybridized carbons (Fsp3) is 0.467. The summed E-state index contributed by atoms with van der Waals surface area (Å²) in [4.78, 5) is 24.8. The summed E-state index contributed by atoms with van der Waals surface area (Å²) in [6.45, 7) is 3.49. The highest BCUT2D eigenvalue weighted by Crippen LogP contribution is 2.27. The van der Waals surface area contributed by atoms with Gasteiger partial charge < -0.3 is 5.32 Å². The molecule has 1 N–H and O–H groups in total. The molecule has 1 aromatic carbocycles. The van der Waals surface area contributed by atoms with Crippen LogP contribution in [0.5, 0.6) is 0 Å². The highest BCUT2D eigenvalue weighted by molar-refractivity contribution is 6.04. The number of urea groups is 1. The van der Waals surface area contributed by atoms with Crippen LogP contribution in [-0.4, -0.2) is 35.9 Å². The summed E-state index contributed by atoms with van der Waals surface area (Å²) in [6.07, 6.45) is -3.38. The molecule has 1 aliphatic rings. The Kier molecular flexibility index (Phi) is 4.44. The number of amides is 3. The monoisotopic (exact) mass is 314 g/mol. The Morgan fingerprint density at radius 1 is 1.32 bits per heavy atom. The van der Waals surface area contributed by atoms with Gasteiger partial charge in [0.05, 0.1) is 0 Å². The minimum atomic E-state index is -2.68. The van der Waals surface area contributed by atoms with Crippen LogP contribution >= 0.6 is 0 Å². The molecule has 120 valence electrons. The lowest BCUT2D eigenvalue weighted by molar-refractivity contribution is -0.128. The molecule has 1 saturated heterocycles. The number of benzene rings is 1. The molecule has 0 radical (unpaired) electrons. The molecule has 0 aliphatic carbocycles. The van der Waals surface area contributed by atoms with E-state index in [1.165, 1.54) is 18.2 Å². The highest BCUT2D eigenvalue weighted by atomic mass is 19.3. The molecule has 0 bridgehead atoms. The zero-order valence-electron chi connectivity index (χ0n) is 12.3. The normalized spacial score (nSPS) is 19.0. The Hall–Kier alpha value is -2.05. The molecule has 1 aliphatic heterocycles. The second-order valence-electron chi connectivity index (χ2n) is 5.95. The molecular formula is C15H17F3N2O2. The minimum Gasteiger partial charge on any atom is -0.326 e. The zero-order chi connectivity index (χ0) is 16.5. The van der Waals surface area contributed by atoms with Crippen molar-refractivity contribution in [2.75, 3.05) is 6.54 Å². The fourth-order valence-electron chi connectivity index (χ4n) is 2.46. The van der Waals surface area contributed by atoms with Gasteiger partial charge in [-0.2, -0.15) is 0 Å². The number of hydrogen-bond acceptors (Lipinski definition) is 2. The summed E-state index contributed by atoms with van der Waals surface area (Å²) in [5, 5.41) is 2.25. The summed E-state index contributed by atoms with van der Waals surface area (Å²) >= 11 is 0. The molecule has 1 fully saturated rings. The average molecular weight is 314 g/mol. The maximum Gasteiger partial charge on any atom is 0.324 e. The second-order valence-corrected chi connectivity index (χ2v) is 5.95. The number of imide groups is 1. The molecule has 1 aromatic rings. The summed E-state index contributed by atoms with van der Waals surface area (Å²) in [6, 6.07) is 3.97. The largest absolute Gasteiger partial charge is 0.326 e. The first-order chi connectivity index (χ1) is 10.2. The zero-order valence-corrected chi connectivity index (χ0v) is 12.3. The van der Waals surface area contributed by atoms with E-state index in [-0.39, 0.29) is 6.54 Å². The first-order valence-corrected chi connectivity index (χ1v) is 6.87. The molecule has 0 aromatic heterocycles. The van der Waals surface area contributed by atoms with Crippen molar-refractivity contribution in [3.63, 3.8) is 0 Å². The number of carbonyl (C=O) groups excluding carboxylic acids is 2. The molecular weight excluding hydrogens is 297 g/mol. The lowest BCUT2D eigenvalue weighted by atomic mass is 9.84. The van der Waals surface area contributed by atoms with Gasteiger partial charge in [0.25, 0.3) is 5.91 Å². The van der Waals surface area contributed by atoms with E-state index in [1.807, 2.05) is 0 Å². The summed E-state index contributed by atoms with van der Waals surface area (Å²) < 4.78 is 38.1. The number of halogens is 3. The van der Waals surface area contributed by atoms with Crippen molar-refractivity contribution >= 4 is 11.9 Å². The molecule has 0 saturated carbocycles. The van der Waals surface area contributed by atoms with E-state index in [4.69, 9.17) is 0 Å². The van der Waals surface area contributed by atoms with Crippen LogP contribution in [0.3, 0.4) is 0 Å². The van der Waals surface area contributed by atoms with Gasteiger partial charge in [0.2, 0.25) is 6.43 Å². The first kappa shape index (κ1) is 16.3. The van der Waals surface area contributed by atoms with E-state index in [2.05, 4.69) is 5.32 Å². The van der Waals surface area contributed by atoms with Crippen molar-refractivity contribution in [1.82, 2.24) is 10.2 Å². The van der Waals surface area contributed by atoms with Gasteiger partial charge in [-0.1, -0.05) is 26.0 Å². The van der Waals surface area contributed by atoms with Crippen molar-refractivity contribution in [2.24, 2.45) is 0 Å². The van der Waals surface area contributed by atoms with E-state index < -0.39 is 42.1 Å². The third-order valence-electron chi connectivity index (χ3n) is 3.68. The summed E-state index contributed by atoms with van der Waals surface area (Å²) in [5.74, 6) is -1.09. The standard InChI is InChI=1S/C15H17F3N2O2/c1-15(2,9-4-3-5-10(16)6-9)8-20-13(21)11(7-12(17)18)19-14(20)22/h3-6,11-12H,7-8H2,1-2H3,(H,19,22). The second kappa shape index (κ2) is 5.98. The number of hydrogen-bond donors (Lipinski definition) is 1. The van der Waals surface area contributed by atoms with Crippen LogP contribution in [-0.2, 0) is 10.2 Å². The van der Waals surface area contributed by atoms with Crippen LogP contribution in [0.1, 0.15) is 25.8 Å². The number of alkyl halides is 2. The van der Waals surface area contributed by atoms with Gasteiger partial charge >= 0.3 is 6.03 Å². The molecule has 1 atom stereocenters. The van der Waals surface area contributed by atoms with Crippen LogP contribution < -0.4 is 5.32 Å². The number of carbonyl (C=O) groups is 2.